The zero-order valence-corrected chi connectivity index (χ0v) is 20.6. The highest BCUT2D eigenvalue weighted by Crippen LogP contribution is 2.52. The van der Waals surface area contributed by atoms with Crippen LogP contribution in [0.3, 0.4) is 0 Å². The van der Waals surface area contributed by atoms with E-state index in [1.165, 1.54) is 11.1 Å². The Hall–Kier alpha value is -2.52. The van der Waals surface area contributed by atoms with Crippen LogP contribution in [0.15, 0.2) is 72.8 Å². The summed E-state index contributed by atoms with van der Waals surface area (Å²) in [6.07, 6.45) is 0. The van der Waals surface area contributed by atoms with Crippen molar-refractivity contribution in [3.8, 4) is 5.75 Å². The summed E-state index contributed by atoms with van der Waals surface area (Å²) in [4.78, 5) is 13.4. The van der Waals surface area contributed by atoms with Crippen LogP contribution in [0.4, 0.5) is 0 Å². The second-order valence-corrected chi connectivity index (χ2v) is 11.7. The van der Waals surface area contributed by atoms with E-state index in [-0.39, 0.29) is 21.9 Å². The van der Waals surface area contributed by atoms with Gasteiger partial charge >= 0.3 is 0 Å². The van der Waals surface area contributed by atoms with Gasteiger partial charge in [0.1, 0.15) is 5.75 Å². The van der Waals surface area contributed by atoms with Crippen LogP contribution in [0.5, 0.6) is 5.75 Å². The summed E-state index contributed by atoms with van der Waals surface area (Å²) in [5.74, 6) is 0.884. The van der Waals surface area contributed by atoms with Crippen LogP contribution in [0.2, 0.25) is 0 Å². The molecule has 0 amide bonds. The third-order valence-electron chi connectivity index (χ3n) is 5.93. The maximum absolute atomic E-state index is 13.4. The summed E-state index contributed by atoms with van der Waals surface area (Å²) < 4.78 is 6.54. The lowest BCUT2D eigenvalue weighted by atomic mass is 9.78. The smallest absolute Gasteiger partial charge is 0.213 e. The zero-order chi connectivity index (χ0) is 23.1. The van der Waals surface area contributed by atoms with Crippen molar-refractivity contribution < 1.29 is 9.53 Å². The first kappa shape index (κ1) is 22.7. The van der Waals surface area contributed by atoms with Gasteiger partial charge in [-0.1, -0.05) is 126 Å². The van der Waals surface area contributed by atoms with Gasteiger partial charge in [0.2, 0.25) is 11.2 Å². The van der Waals surface area contributed by atoms with Crippen molar-refractivity contribution in [2.75, 3.05) is 0 Å². The molecule has 0 aromatic heterocycles. The minimum atomic E-state index is -0.586. The Morgan fingerprint density at radius 2 is 1.41 bits per heavy atom. The van der Waals surface area contributed by atoms with Crippen molar-refractivity contribution in [1.29, 1.82) is 0 Å². The molecule has 0 saturated heterocycles. The lowest BCUT2D eigenvalue weighted by molar-refractivity contribution is 0.0885. The second kappa shape index (κ2) is 8.44. The lowest BCUT2D eigenvalue weighted by Gasteiger charge is -2.37. The monoisotopic (exact) mass is 444 g/mol. The summed E-state index contributed by atoms with van der Waals surface area (Å²) in [5, 5.41) is 0.0287. The molecule has 0 saturated carbocycles. The van der Waals surface area contributed by atoms with E-state index in [2.05, 4.69) is 77.9 Å². The van der Waals surface area contributed by atoms with E-state index in [1.807, 2.05) is 36.4 Å². The van der Waals surface area contributed by atoms with Crippen LogP contribution in [-0.4, -0.2) is 11.2 Å². The summed E-state index contributed by atoms with van der Waals surface area (Å²) in [6, 6.07) is 24.5. The molecule has 0 radical (unpaired) electrons. The Morgan fingerprint density at radius 1 is 0.812 bits per heavy atom. The number of ether oxygens (including phenoxy) is 1. The van der Waals surface area contributed by atoms with Gasteiger partial charge in [-0.05, 0) is 22.0 Å². The Morgan fingerprint density at radius 3 is 1.97 bits per heavy atom. The van der Waals surface area contributed by atoms with Crippen molar-refractivity contribution in [3.63, 3.8) is 0 Å². The largest absolute Gasteiger partial charge is 0.471 e. The van der Waals surface area contributed by atoms with E-state index in [0.717, 1.165) is 16.9 Å². The van der Waals surface area contributed by atoms with Crippen LogP contribution in [0, 0.1) is 0 Å². The van der Waals surface area contributed by atoms with Crippen molar-refractivity contribution in [2.45, 2.75) is 63.1 Å². The number of ketones is 1. The van der Waals surface area contributed by atoms with Gasteiger partial charge in [-0.25, -0.2) is 0 Å². The quantitative estimate of drug-likeness (QED) is 0.387. The van der Waals surface area contributed by atoms with Crippen LogP contribution >= 0.6 is 11.8 Å². The molecular formula is C29H32O2S. The summed E-state index contributed by atoms with van der Waals surface area (Å²) in [7, 11) is 0. The molecule has 1 aliphatic rings. The van der Waals surface area contributed by atoms with Crippen LogP contribution in [-0.2, 0) is 10.8 Å². The summed E-state index contributed by atoms with van der Waals surface area (Å²) in [5.41, 5.74) is 4.80. The van der Waals surface area contributed by atoms with Gasteiger partial charge in [0.05, 0.1) is 5.25 Å². The van der Waals surface area contributed by atoms with Gasteiger partial charge in [0, 0.05) is 16.7 Å². The highest BCUT2D eigenvalue weighted by Gasteiger charge is 2.38. The van der Waals surface area contributed by atoms with Gasteiger partial charge in [0.15, 0.2) is 0 Å². The molecule has 2 nitrogen and oxygen atoms in total. The second-order valence-electron chi connectivity index (χ2n) is 10.5. The van der Waals surface area contributed by atoms with Crippen LogP contribution < -0.4 is 4.74 Å². The summed E-state index contributed by atoms with van der Waals surface area (Å²) >= 11 is 1.60. The number of carbonyl (C=O) groups is 1. The molecule has 0 aliphatic carbocycles. The number of carbonyl (C=O) groups excluding carboxylic acids is 1. The first-order chi connectivity index (χ1) is 15.1. The van der Waals surface area contributed by atoms with Crippen molar-refractivity contribution >= 4 is 17.5 Å². The average molecular weight is 445 g/mol. The lowest BCUT2D eigenvalue weighted by Crippen LogP contribution is -2.31. The number of hydrogen-bond acceptors (Lipinski definition) is 3. The van der Waals surface area contributed by atoms with Gasteiger partial charge in [-0.3, -0.25) is 4.79 Å². The zero-order valence-electron chi connectivity index (χ0n) is 19.8. The fraction of sp³-hybridized carbons (Fsp3) is 0.345. The van der Waals surface area contributed by atoms with E-state index in [4.69, 9.17) is 4.74 Å². The molecule has 1 aliphatic heterocycles. The topological polar surface area (TPSA) is 26.3 Å². The highest BCUT2D eigenvalue weighted by atomic mass is 32.2. The minimum Gasteiger partial charge on any atom is -0.471 e. The third-order valence-corrected chi connectivity index (χ3v) is 7.29. The Labute approximate surface area is 196 Å². The molecule has 2 atom stereocenters. The molecule has 32 heavy (non-hydrogen) atoms. The highest BCUT2D eigenvalue weighted by molar-refractivity contribution is 8.01. The number of thioether (sulfide) groups is 1. The molecule has 3 aromatic carbocycles. The number of rotatable bonds is 3. The van der Waals surface area contributed by atoms with Gasteiger partial charge < -0.3 is 4.74 Å². The number of fused-ring (bicyclic) bond motifs is 1. The number of benzene rings is 3. The molecule has 2 unspecified atom stereocenters. The molecule has 166 valence electrons. The van der Waals surface area contributed by atoms with E-state index in [9.17, 15) is 4.79 Å². The predicted octanol–water partition coefficient (Wildman–Crippen LogP) is 7.71. The molecule has 3 aromatic rings. The molecule has 0 fully saturated rings. The van der Waals surface area contributed by atoms with Gasteiger partial charge in [0.25, 0.3) is 0 Å². The summed E-state index contributed by atoms with van der Waals surface area (Å²) in [6.45, 7) is 13.4. The van der Waals surface area contributed by atoms with Crippen molar-refractivity contribution in [2.24, 2.45) is 0 Å². The Balaban J connectivity index is 1.91. The standard InChI is InChI=1S/C29H32O2S/c1-28(2,3)21-17-22-25(23(18-21)29(4,5)6)31-27(24(30)19-13-9-7-10-14-19)32-26(22)20-15-11-8-12-16-20/h7-18,26-27H,1-6H3. The molecule has 4 rings (SSSR count). The molecule has 0 N–H and O–H groups in total. The molecule has 1 heterocycles. The van der Waals surface area contributed by atoms with Gasteiger partial charge in [-0.15, -0.1) is 0 Å². The molecule has 0 bridgehead atoms. The van der Waals surface area contributed by atoms with Crippen LogP contribution in [0.1, 0.15) is 79.4 Å². The molecule has 3 heteroatoms. The normalized spacial score (nSPS) is 18.6. The van der Waals surface area contributed by atoms with Crippen LogP contribution in [0.25, 0.3) is 0 Å². The maximum atomic E-state index is 13.4. The number of hydrogen-bond donors (Lipinski definition) is 0. The Bertz CT molecular complexity index is 1110. The minimum absolute atomic E-state index is 0.0115. The first-order valence-electron chi connectivity index (χ1n) is 11.2. The van der Waals surface area contributed by atoms with Crippen molar-refractivity contribution in [1.82, 2.24) is 0 Å². The van der Waals surface area contributed by atoms with E-state index in [0.29, 0.717) is 5.56 Å². The SMILES string of the molecule is CC(C)(C)c1cc2c(c(C(C)(C)C)c1)OC(C(=O)c1ccccc1)SC2c1ccccc1. The molecular weight excluding hydrogens is 412 g/mol. The van der Waals surface area contributed by atoms with E-state index < -0.39 is 5.44 Å². The predicted molar refractivity (Wildman–Crippen MR) is 135 cm³/mol. The van der Waals surface area contributed by atoms with E-state index in [1.54, 1.807) is 11.8 Å². The van der Waals surface area contributed by atoms with Gasteiger partial charge in [-0.2, -0.15) is 0 Å². The fourth-order valence-corrected chi connectivity index (χ4v) is 5.33. The molecule has 0 spiro atoms. The average Bonchev–Trinajstić information content (AvgIpc) is 2.77. The maximum Gasteiger partial charge on any atom is 0.213 e. The first-order valence-corrected chi connectivity index (χ1v) is 12.2. The fourth-order valence-electron chi connectivity index (χ4n) is 4.04. The van der Waals surface area contributed by atoms with Crippen molar-refractivity contribution in [3.05, 3.63) is 101 Å². The van der Waals surface area contributed by atoms with E-state index >= 15 is 0 Å². The Kier molecular flexibility index (Phi) is 5.98. The number of Topliss-reactive ketones (excluding diaryl/α,β-unsaturated/α-hetero) is 1. The third kappa shape index (κ3) is 4.49.